The van der Waals surface area contributed by atoms with Crippen molar-refractivity contribution in [2.75, 3.05) is 13.7 Å². The Kier molecular flexibility index (Phi) is 4.93. The third kappa shape index (κ3) is 3.16. The van der Waals surface area contributed by atoms with Crippen LogP contribution in [-0.2, 0) is 9.53 Å². The van der Waals surface area contributed by atoms with Crippen LogP contribution in [-0.4, -0.2) is 30.5 Å². The number of nitrogens with one attached hydrogen (secondary N) is 1. The van der Waals surface area contributed by atoms with Crippen molar-refractivity contribution in [3.05, 3.63) is 40.2 Å². The lowest BCUT2D eigenvalue weighted by molar-refractivity contribution is -0.143. The number of hydrogen-bond donors (Lipinski definition) is 1. The van der Waals surface area contributed by atoms with Crippen molar-refractivity contribution in [3.8, 4) is 5.75 Å². The SMILES string of the molecule is CCOC(=O)CCC(=O)c1c[nH]c2c(OC)cccc2c1=O. The molecule has 116 valence electrons. The molecule has 0 aliphatic carbocycles. The van der Waals surface area contributed by atoms with E-state index in [0.29, 0.717) is 16.7 Å². The van der Waals surface area contributed by atoms with E-state index in [9.17, 15) is 14.4 Å². The van der Waals surface area contributed by atoms with E-state index in [-0.39, 0.29) is 36.2 Å². The molecule has 1 N–H and O–H groups in total. The third-order valence-corrected chi connectivity index (χ3v) is 3.26. The fourth-order valence-corrected chi connectivity index (χ4v) is 2.18. The van der Waals surface area contributed by atoms with Gasteiger partial charge in [0.25, 0.3) is 0 Å². The first kappa shape index (κ1) is 15.8. The Bertz CT molecular complexity index is 763. The van der Waals surface area contributed by atoms with Gasteiger partial charge in [-0.25, -0.2) is 0 Å². The number of H-pyrrole nitrogens is 1. The number of Topliss-reactive ketones (excluding diaryl/α,β-unsaturated/α-hetero) is 1. The molecule has 2 rings (SSSR count). The Morgan fingerprint density at radius 2 is 2.00 bits per heavy atom. The first-order valence-electron chi connectivity index (χ1n) is 6.95. The number of aromatic amines is 1. The number of carbonyl (C=O) groups excluding carboxylic acids is 2. The van der Waals surface area contributed by atoms with E-state index in [1.165, 1.54) is 13.3 Å². The predicted octanol–water partition coefficient (Wildman–Crippen LogP) is 2.06. The number of pyridine rings is 1. The van der Waals surface area contributed by atoms with Crippen LogP contribution in [0, 0.1) is 0 Å². The summed E-state index contributed by atoms with van der Waals surface area (Å²) in [5, 5.41) is 0.376. The summed E-state index contributed by atoms with van der Waals surface area (Å²) in [7, 11) is 1.51. The molecule has 0 saturated carbocycles. The summed E-state index contributed by atoms with van der Waals surface area (Å²) >= 11 is 0. The van der Waals surface area contributed by atoms with E-state index >= 15 is 0 Å². The molecule has 2 aromatic rings. The standard InChI is InChI=1S/C16H17NO5/c1-3-22-14(19)8-7-12(18)11-9-17-15-10(16(11)20)5-4-6-13(15)21-2/h4-6,9H,3,7-8H2,1-2H3,(H,17,20). The van der Waals surface area contributed by atoms with E-state index in [0.717, 1.165) is 0 Å². The van der Waals surface area contributed by atoms with Gasteiger partial charge in [-0.2, -0.15) is 0 Å². The molecule has 0 saturated heterocycles. The van der Waals surface area contributed by atoms with Crippen molar-refractivity contribution in [2.45, 2.75) is 19.8 Å². The summed E-state index contributed by atoms with van der Waals surface area (Å²) in [6.07, 6.45) is 1.26. The minimum absolute atomic E-state index is 0.0325. The number of hydrogen-bond acceptors (Lipinski definition) is 5. The Hall–Kier alpha value is -2.63. The summed E-state index contributed by atoms with van der Waals surface area (Å²) in [6.45, 7) is 1.96. The monoisotopic (exact) mass is 303 g/mol. The maximum absolute atomic E-state index is 12.4. The topological polar surface area (TPSA) is 85.5 Å². The number of fused-ring (bicyclic) bond motifs is 1. The number of para-hydroxylation sites is 1. The van der Waals surface area contributed by atoms with E-state index in [2.05, 4.69) is 4.98 Å². The first-order chi connectivity index (χ1) is 10.6. The van der Waals surface area contributed by atoms with Crippen molar-refractivity contribution in [1.82, 2.24) is 4.98 Å². The summed E-state index contributed by atoms with van der Waals surface area (Å²) in [6, 6.07) is 5.03. The van der Waals surface area contributed by atoms with Gasteiger partial charge in [-0.05, 0) is 19.1 Å². The summed E-state index contributed by atoms with van der Waals surface area (Å²) in [5.41, 5.74) is 0.198. The number of esters is 1. The van der Waals surface area contributed by atoms with Crippen molar-refractivity contribution < 1.29 is 19.1 Å². The van der Waals surface area contributed by atoms with Gasteiger partial charge >= 0.3 is 5.97 Å². The number of benzene rings is 1. The van der Waals surface area contributed by atoms with Crippen LogP contribution in [0.1, 0.15) is 30.1 Å². The summed E-state index contributed by atoms with van der Waals surface area (Å²) in [4.78, 5) is 38.7. The van der Waals surface area contributed by atoms with E-state index in [4.69, 9.17) is 9.47 Å². The lowest BCUT2D eigenvalue weighted by Gasteiger charge is -2.06. The lowest BCUT2D eigenvalue weighted by Crippen LogP contribution is -2.17. The molecule has 0 fully saturated rings. The molecule has 1 heterocycles. The molecule has 0 atom stereocenters. The Labute approximate surface area is 127 Å². The van der Waals surface area contributed by atoms with E-state index in [1.54, 1.807) is 25.1 Å². The summed E-state index contributed by atoms with van der Waals surface area (Å²) in [5.74, 6) is -0.311. The minimum atomic E-state index is -0.449. The van der Waals surface area contributed by atoms with Gasteiger partial charge in [0.15, 0.2) is 11.2 Å². The van der Waals surface area contributed by atoms with Crippen LogP contribution in [0.15, 0.2) is 29.2 Å². The summed E-state index contributed by atoms with van der Waals surface area (Å²) < 4.78 is 9.94. The predicted molar refractivity (Wildman–Crippen MR) is 81.3 cm³/mol. The van der Waals surface area contributed by atoms with Gasteiger partial charge in [0, 0.05) is 12.6 Å². The Balaban J connectivity index is 2.29. The van der Waals surface area contributed by atoms with Crippen LogP contribution >= 0.6 is 0 Å². The quantitative estimate of drug-likeness (QED) is 0.652. The van der Waals surface area contributed by atoms with E-state index in [1.807, 2.05) is 0 Å². The van der Waals surface area contributed by atoms with Crippen molar-refractivity contribution in [1.29, 1.82) is 0 Å². The zero-order chi connectivity index (χ0) is 16.1. The molecule has 6 heteroatoms. The second-order valence-electron chi connectivity index (χ2n) is 4.64. The first-order valence-corrected chi connectivity index (χ1v) is 6.95. The average molecular weight is 303 g/mol. The van der Waals surface area contributed by atoms with Crippen LogP contribution in [0.5, 0.6) is 5.75 Å². The Morgan fingerprint density at radius 3 is 2.68 bits per heavy atom. The molecule has 0 spiro atoms. The largest absolute Gasteiger partial charge is 0.495 e. The van der Waals surface area contributed by atoms with Crippen LogP contribution in [0.25, 0.3) is 10.9 Å². The van der Waals surface area contributed by atoms with Crippen molar-refractivity contribution in [3.63, 3.8) is 0 Å². The van der Waals surface area contributed by atoms with Gasteiger partial charge in [0.2, 0.25) is 0 Å². The highest BCUT2D eigenvalue weighted by molar-refractivity contribution is 6.00. The maximum atomic E-state index is 12.4. The maximum Gasteiger partial charge on any atom is 0.306 e. The molecule has 6 nitrogen and oxygen atoms in total. The molecule has 22 heavy (non-hydrogen) atoms. The van der Waals surface area contributed by atoms with Gasteiger partial charge in [-0.1, -0.05) is 6.07 Å². The number of ether oxygens (including phenoxy) is 2. The van der Waals surface area contributed by atoms with Gasteiger partial charge in [0.1, 0.15) is 5.75 Å². The van der Waals surface area contributed by atoms with Crippen molar-refractivity contribution in [2.24, 2.45) is 0 Å². The molecule has 0 bridgehead atoms. The fourth-order valence-electron chi connectivity index (χ4n) is 2.18. The van der Waals surface area contributed by atoms with Gasteiger partial charge in [0.05, 0.1) is 36.6 Å². The highest BCUT2D eigenvalue weighted by atomic mass is 16.5. The molecule has 1 aromatic heterocycles. The molecule has 0 amide bonds. The number of methoxy groups -OCH3 is 1. The number of aromatic nitrogens is 1. The highest BCUT2D eigenvalue weighted by Crippen LogP contribution is 2.21. The van der Waals surface area contributed by atoms with E-state index < -0.39 is 5.97 Å². The number of carbonyl (C=O) groups is 2. The Morgan fingerprint density at radius 1 is 1.23 bits per heavy atom. The lowest BCUT2D eigenvalue weighted by atomic mass is 10.1. The van der Waals surface area contributed by atoms with Crippen LogP contribution in [0.2, 0.25) is 0 Å². The average Bonchev–Trinajstić information content (AvgIpc) is 2.53. The zero-order valence-electron chi connectivity index (χ0n) is 12.5. The highest BCUT2D eigenvalue weighted by Gasteiger charge is 2.16. The van der Waals surface area contributed by atoms with Crippen molar-refractivity contribution >= 4 is 22.7 Å². The molecule has 0 unspecified atom stereocenters. The van der Waals surface area contributed by atoms with Crippen LogP contribution in [0.4, 0.5) is 0 Å². The number of rotatable bonds is 6. The van der Waals surface area contributed by atoms with Crippen LogP contribution in [0.3, 0.4) is 0 Å². The molecular formula is C16H17NO5. The molecule has 1 aromatic carbocycles. The smallest absolute Gasteiger partial charge is 0.306 e. The normalized spacial score (nSPS) is 10.5. The third-order valence-electron chi connectivity index (χ3n) is 3.26. The second-order valence-corrected chi connectivity index (χ2v) is 4.64. The second kappa shape index (κ2) is 6.89. The van der Waals surface area contributed by atoms with Gasteiger partial charge in [-0.3, -0.25) is 14.4 Å². The molecule has 0 radical (unpaired) electrons. The zero-order valence-corrected chi connectivity index (χ0v) is 12.5. The minimum Gasteiger partial charge on any atom is -0.495 e. The molecule has 0 aliphatic heterocycles. The van der Waals surface area contributed by atoms with Gasteiger partial charge in [-0.15, -0.1) is 0 Å². The number of ketones is 1. The molecule has 0 aliphatic rings. The molecular weight excluding hydrogens is 286 g/mol. The van der Waals surface area contributed by atoms with Crippen LogP contribution < -0.4 is 10.2 Å². The van der Waals surface area contributed by atoms with Gasteiger partial charge < -0.3 is 14.5 Å². The fraction of sp³-hybridized carbons (Fsp3) is 0.312.